The fourth-order valence-electron chi connectivity index (χ4n) is 1.96. The average molecular weight is 251 g/mol. The van der Waals surface area contributed by atoms with Crippen molar-refractivity contribution in [2.75, 3.05) is 14.2 Å². The van der Waals surface area contributed by atoms with Gasteiger partial charge in [0.25, 0.3) is 0 Å². The quantitative estimate of drug-likeness (QED) is 0.810. The highest BCUT2D eigenvalue weighted by atomic mass is 16.5. The van der Waals surface area contributed by atoms with Crippen LogP contribution in [-0.2, 0) is 6.42 Å². The van der Waals surface area contributed by atoms with E-state index in [1.165, 1.54) is 12.0 Å². The molecule has 1 atom stereocenters. The molecule has 1 aromatic rings. The number of ether oxygens (including phenoxy) is 2. The van der Waals surface area contributed by atoms with Crippen molar-refractivity contribution in [1.29, 1.82) is 0 Å². The van der Waals surface area contributed by atoms with Gasteiger partial charge in [-0.25, -0.2) is 0 Å². The van der Waals surface area contributed by atoms with Crippen molar-refractivity contribution in [1.82, 2.24) is 0 Å². The Bertz CT molecular complexity index is 364. The van der Waals surface area contributed by atoms with Crippen molar-refractivity contribution in [3.05, 3.63) is 23.8 Å². The number of methoxy groups -OCH3 is 2. The standard InChI is InChI=1S/C15H25NO2/c1-11(2)5-7-13(16)9-12-6-8-14(17-3)15(10-12)18-4/h6,8,10-11,13H,5,7,9,16H2,1-4H3. The van der Waals surface area contributed by atoms with Gasteiger partial charge in [-0.15, -0.1) is 0 Å². The van der Waals surface area contributed by atoms with Crippen LogP contribution in [0.5, 0.6) is 11.5 Å². The largest absolute Gasteiger partial charge is 0.493 e. The van der Waals surface area contributed by atoms with Crippen molar-refractivity contribution in [2.24, 2.45) is 11.7 Å². The minimum absolute atomic E-state index is 0.213. The third-order valence-electron chi connectivity index (χ3n) is 3.06. The Labute approximate surface area is 110 Å². The van der Waals surface area contributed by atoms with Gasteiger partial charge < -0.3 is 15.2 Å². The molecule has 0 heterocycles. The third kappa shape index (κ3) is 4.57. The first-order valence-corrected chi connectivity index (χ1v) is 6.53. The SMILES string of the molecule is COc1ccc(CC(N)CCC(C)C)cc1OC. The fourth-order valence-corrected chi connectivity index (χ4v) is 1.96. The molecule has 3 heteroatoms. The third-order valence-corrected chi connectivity index (χ3v) is 3.06. The van der Waals surface area contributed by atoms with Gasteiger partial charge in [-0.2, -0.15) is 0 Å². The first kappa shape index (κ1) is 14.8. The van der Waals surface area contributed by atoms with Crippen LogP contribution in [0.15, 0.2) is 18.2 Å². The van der Waals surface area contributed by atoms with Gasteiger partial charge in [0.1, 0.15) is 0 Å². The zero-order chi connectivity index (χ0) is 13.5. The lowest BCUT2D eigenvalue weighted by Gasteiger charge is -2.14. The maximum absolute atomic E-state index is 6.14. The molecule has 0 spiro atoms. The predicted molar refractivity (Wildman–Crippen MR) is 75.3 cm³/mol. The fraction of sp³-hybridized carbons (Fsp3) is 0.600. The molecule has 1 rings (SSSR count). The van der Waals surface area contributed by atoms with Gasteiger partial charge in [-0.3, -0.25) is 0 Å². The van der Waals surface area contributed by atoms with E-state index < -0.39 is 0 Å². The summed E-state index contributed by atoms with van der Waals surface area (Å²) in [4.78, 5) is 0. The Balaban J connectivity index is 2.61. The van der Waals surface area contributed by atoms with Gasteiger partial charge in [0.15, 0.2) is 11.5 Å². The van der Waals surface area contributed by atoms with Crippen molar-refractivity contribution in [3.63, 3.8) is 0 Å². The molecule has 0 saturated heterocycles. The Morgan fingerprint density at radius 1 is 1.06 bits per heavy atom. The highest BCUT2D eigenvalue weighted by Gasteiger charge is 2.09. The van der Waals surface area contributed by atoms with Gasteiger partial charge in [0, 0.05) is 6.04 Å². The van der Waals surface area contributed by atoms with E-state index in [0.717, 1.165) is 24.3 Å². The van der Waals surface area contributed by atoms with E-state index >= 15 is 0 Å². The van der Waals surface area contributed by atoms with Crippen LogP contribution in [0.4, 0.5) is 0 Å². The van der Waals surface area contributed by atoms with Crippen molar-refractivity contribution >= 4 is 0 Å². The monoisotopic (exact) mass is 251 g/mol. The molecule has 0 aliphatic carbocycles. The van der Waals surface area contributed by atoms with E-state index in [2.05, 4.69) is 19.9 Å². The van der Waals surface area contributed by atoms with E-state index in [-0.39, 0.29) is 6.04 Å². The lowest BCUT2D eigenvalue weighted by molar-refractivity contribution is 0.354. The highest BCUT2D eigenvalue weighted by Crippen LogP contribution is 2.28. The molecular formula is C15H25NO2. The highest BCUT2D eigenvalue weighted by molar-refractivity contribution is 5.43. The maximum atomic E-state index is 6.14. The molecule has 2 N–H and O–H groups in total. The minimum Gasteiger partial charge on any atom is -0.493 e. The van der Waals surface area contributed by atoms with Gasteiger partial charge in [0.05, 0.1) is 14.2 Å². The van der Waals surface area contributed by atoms with Crippen LogP contribution in [0.25, 0.3) is 0 Å². The summed E-state index contributed by atoms with van der Waals surface area (Å²) in [5.41, 5.74) is 7.34. The lowest BCUT2D eigenvalue weighted by Crippen LogP contribution is -2.23. The smallest absolute Gasteiger partial charge is 0.160 e. The molecule has 0 aliphatic rings. The Kier molecular flexibility index (Phi) is 5.99. The van der Waals surface area contributed by atoms with Crippen LogP contribution in [0.1, 0.15) is 32.3 Å². The summed E-state index contributed by atoms with van der Waals surface area (Å²) in [5, 5.41) is 0. The predicted octanol–water partition coefficient (Wildman–Crippen LogP) is 3.01. The van der Waals surface area contributed by atoms with Crippen LogP contribution >= 0.6 is 0 Å². The maximum Gasteiger partial charge on any atom is 0.160 e. The minimum atomic E-state index is 0.213. The van der Waals surface area contributed by atoms with Gasteiger partial charge in [-0.05, 0) is 42.9 Å². The van der Waals surface area contributed by atoms with Crippen LogP contribution in [0.2, 0.25) is 0 Å². The molecule has 1 aromatic carbocycles. The Morgan fingerprint density at radius 2 is 1.72 bits per heavy atom. The van der Waals surface area contributed by atoms with E-state index in [9.17, 15) is 0 Å². The normalized spacial score (nSPS) is 12.6. The molecule has 0 radical (unpaired) electrons. The molecule has 0 amide bonds. The molecule has 102 valence electrons. The average Bonchev–Trinajstić information content (AvgIpc) is 2.36. The van der Waals surface area contributed by atoms with Crippen LogP contribution in [0.3, 0.4) is 0 Å². The number of hydrogen-bond acceptors (Lipinski definition) is 3. The molecular weight excluding hydrogens is 226 g/mol. The molecule has 0 bridgehead atoms. The van der Waals surface area contributed by atoms with Crippen LogP contribution in [0, 0.1) is 5.92 Å². The number of benzene rings is 1. The number of rotatable bonds is 7. The van der Waals surface area contributed by atoms with Gasteiger partial charge in [0.2, 0.25) is 0 Å². The van der Waals surface area contributed by atoms with Crippen LogP contribution in [-0.4, -0.2) is 20.3 Å². The number of nitrogens with two attached hydrogens (primary N) is 1. The van der Waals surface area contributed by atoms with E-state index in [1.54, 1.807) is 14.2 Å². The topological polar surface area (TPSA) is 44.5 Å². The molecule has 0 aliphatic heterocycles. The zero-order valence-corrected chi connectivity index (χ0v) is 11.9. The second kappa shape index (κ2) is 7.27. The summed E-state index contributed by atoms with van der Waals surface area (Å²) in [6.45, 7) is 4.45. The lowest BCUT2D eigenvalue weighted by atomic mass is 9.98. The summed E-state index contributed by atoms with van der Waals surface area (Å²) in [5.74, 6) is 2.24. The second-order valence-electron chi connectivity index (χ2n) is 5.12. The molecule has 0 aromatic heterocycles. The van der Waals surface area contributed by atoms with Crippen molar-refractivity contribution in [3.8, 4) is 11.5 Å². The van der Waals surface area contributed by atoms with E-state index in [0.29, 0.717) is 5.92 Å². The molecule has 0 saturated carbocycles. The summed E-state index contributed by atoms with van der Waals surface area (Å²) < 4.78 is 10.5. The summed E-state index contributed by atoms with van der Waals surface area (Å²) in [6, 6.07) is 6.21. The van der Waals surface area contributed by atoms with Gasteiger partial charge >= 0.3 is 0 Å². The number of hydrogen-bond donors (Lipinski definition) is 1. The molecule has 1 unspecified atom stereocenters. The summed E-state index contributed by atoms with van der Waals surface area (Å²) in [7, 11) is 3.30. The van der Waals surface area contributed by atoms with E-state index in [1.807, 2.05) is 12.1 Å². The Morgan fingerprint density at radius 3 is 2.28 bits per heavy atom. The summed E-state index contributed by atoms with van der Waals surface area (Å²) in [6.07, 6.45) is 3.12. The molecule has 0 fully saturated rings. The van der Waals surface area contributed by atoms with Gasteiger partial charge in [-0.1, -0.05) is 19.9 Å². The first-order valence-electron chi connectivity index (χ1n) is 6.53. The zero-order valence-electron chi connectivity index (χ0n) is 11.9. The second-order valence-corrected chi connectivity index (χ2v) is 5.12. The first-order chi connectivity index (χ1) is 8.56. The molecule has 3 nitrogen and oxygen atoms in total. The molecule has 18 heavy (non-hydrogen) atoms. The summed E-state index contributed by atoms with van der Waals surface area (Å²) >= 11 is 0. The van der Waals surface area contributed by atoms with E-state index in [4.69, 9.17) is 15.2 Å². The Hall–Kier alpha value is -1.22. The van der Waals surface area contributed by atoms with Crippen LogP contribution < -0.4 is 15.2 Å². The van der Waals surface area contributed by atoms with Crippen molar-refractivity contribution in [2.45, 2.75) is 39.2 Å². The van der Waals surface area contributed by atoms with Crippen molar-refractivity contribution < 1.29 is 9.47 Å².